The van der Waals surface area contributed by atoms with Crippen LogP contribution < -0.4 is 5.73 Å². The number of hydrogen-bond acceptors (Lipinski definition) is 1. The normalized spacial score (nSPS) is 14.3. The minimum atomic E-state index is -0.0641. The van der Waals surface area contributed by atoms with Crippen LogP contribution in [0.2, 0.25) is 0 Å². The van der Waals surface area contributed by atoms with Gasteiger partial charge in [-0.1, -0.05) is 68.4 Å². The molecule has 4 aromatic carbocycles. The van der Waals surface area contributed by atoms with E-state index in [9.17, 15) is 0 Å². The fraction of sp³-hybridized carbons (Fsp3) is 0.111. The fourth-order valence-electron chi connectivity index (χ4n) is 5.20. The average molecular weight is 374 g/mol. The molecule has 0 spiro atoms. The summed E-state index contributed by atoms with van der Waals surface area (Å²) in [6.07, 6.45) is 0. The van der Waals surface area contributed by atoms with Crippen LogP contribution in [-0.2, 0) is 5.41 Å². The predicted molar refractivity (Wildman–Crippen MR) is 123 cm³/mol. The summed E-state index contributed by atoms with van der Waals surface area (Å²) in [5.41, 5.74) is 15.9. The molecule has 2 N–H and O–H groups in total. The van der Waals surface area contributed by atoms with Gasteiger partial charge in [0.05, 0.1) is 11.0 Å². The maximum Gasteiger partial charge on any atom is 0.0588 e. The van der Waals surface area contributed by atoms with Crippen LogP contribution in [0.1, 0.15) is 25.0 Å². The second kappa shape index (κ2) is 5.51. The van der Waals surface area contributed by atoms with Crippen LogP contribution in [-0.4, -0.2) is 4.57 Å². The van der Waals surface area contributed by atoms with Crippen molar-refractivity contribution < 1.29 is 0 Å². The van der Waals surface area contributed by atoms with Gasteiger partial charge in [-0.3, -0.25) is 0 Å². The van der Waals surface area contributed by atoms with Gasteiger partial charge in [-0.15, -0.1) is 0 Å². The molecule has 0 saturated carbocycles. The smallest absolute Gasteiger partial charge is 0.0588 e. The van der Waals surface area contributed by atoms with Crippen LogP contribution >= 0.6 is 0 Å². The maximum atomic E-state index is 5.99. The highest BCUT2D eigenvalue weighted by atomic mass is 15.0. The number of benzene rings is 4. The second-order valence-corrected chi connectivity index (χ2v) is 8.50. The zero-order valence-corrected chi connectivity index (χ0v) is 16.6. The van der Waals surface area contributed by atoms with E-state index in [0.717, 1.165) is 11.4 Å². The van der Waals surface area contributed by atoms with Crippen LogP contribution in [0.4, 0.5) is 5.69 Å². The Balaban J connectivity index is 1.84. The fourth-order valence-corrected chi connectivity index (χ4v) is 5.20. The quantitative estimate of drug-likeness (QED) is 0.326. The van der Waals surface area contributed by atoms with Gasteiger partial charge in [-0.05, 0) is 52.6 Å². The molecule has 1 aromatic heterocycles. The third-order valence-electron chi connectivity index (χ3n) is 6.50. The Hall–Kier alpha value is -3.52. The number of nitrogens with two attached hydrogens (primary N) is 1. The summed E-state index contributed by atoms with van der Waals surface area (Å²) in [5.74, 6) is 0. The lowest BCUT2D eigenvalue weighted by Crippen LogP contribution is -2.16. The van der Waals surface area contributed by atoms with Gasteiger partial charge in [-0.25, -0.2) is 0 Å². The SMILES string of the molecule is CC1(C)c2ccccc2-c2ccc3c4ccccc4n(-c4ccc(N)cc4)c3c21. The number of anilines is 1. The highest BCUT2D eigenvalue weighted by Crippen LogP contribution is 2.52. The first-order chi connectivity index (χ1) is 14.1. The van der Waals surface area contributed by atoms with E-state index >= 15 is 0 Å². The number of hydrogen-bond donors (Lipinski definition) is 1. The summed E-state index contributed by atoms with van der Waals surface area (Å²) in [6.45, 7) is 4.70. The second-order valence-electron chi connectivity index (χ2n) is 8.50. The lowest BCUT2D eigenvalue weighted by molar-refractivity contribution is 0.664. The van der Waals surface area contributed by atoms with Crippen molar-refractivity contribution in [3.63, 3.8) is 0 Å². The molecule has 0 fully saturated rings. The van der Waals surface area contributed by atoms with E-state index in [-0.39, 0.29) is 5.41 Å². The third-order valence-corrected chi connectivity index (χ3v) is 6.50. The average Bonchev–Trinajstić information content (AvgIpc) is 3.19. The van der Waals surface area contributed by atoms with E-state index in [4.69, 9.17) is 5.73 Å². The molecule has 0 saturated heterocycles. The molecule has 2 nitrogen and oxygen atoms in total. The van der Waals surface area contributed by atoms with Crippen molar-refractivity contribution in [3.8, 4) is 16.8 Å². The molecule has 0 radical (unpaired) electrons. The Labute approximate surface area is 170 Å². The van der Waals surface area contributed by atoms with E-state index in [2.05, 4.69) is 91.2 Å². The van der Waals surface area contributed by atoms with Crippen molar-refractivity contribution in [2.45, 2.75) is 19.3 Å². The summed E-state index contributed by atoms with van der Waals surface area (Å²) < 4.78 is 2.41. The summed E-state index contributed by atoms with van der Waals surface area (Å²) >= 11 is 0. The molecule has 1 aliphatic rings. The molecule has 2 heteroatoms. The van der Waals surface area contributed by atoms with Crippen molar-refractivity contribution in [3.05, 3.63) is 96.1 Å². The van der Waals surface area contributed by atoms with Crippen LogP contribution in [0, 0.1) is 0 Å². The van der Waals surface area contributed by atoms with Crippen molar-refractivity contribution in [1.29, 1.82) is 0 Å². The predicted octanol–water partition coefficient (Wildman–Crippen LogP) is 6.67. The minimum absolute atomic E-state index is 0.0641. The standard InChI is InChI=1S/C27H22N2/c1-27(2)23-9-5-3-7-19(23)21-15-16-22-20-8-4-6-10-24(20)29(26(22)25(21)27)18-13-11-17(28)12-14-18/h3-16H,28H2,1-2H3. The molecule has 140 valence electrons. The molecule has 0 amide bonds. The van der Waals surface area contributed by atoms with Gasteiger partial charge in [0.2, 0.25) is 0 Å². The molecule has 6 rings (SSSR count). The molecule has 29 heavy (non-hydrogen) atoms. The van der Waals surface area contributed by atoms with Gasteiger partial charge in [0.1, 0.15) is 0 Å². The summed E-state index contributed by atoms with van der Waals surface area (Å²) in [5, 5.41) is 2.59. The minimum Gasteiger partial charge on any atom is -0.399 e. The Bertz CT molecular complexity index is 1420. The number of aromatic nitrogens is 1. The van der Waals surface area contributed by atoms with Crippen LogP contribution in [0.25, 0.3) is 38.6 Å². The maximum absolute atomic E-state index is 5.99. The first kappa shape index (κ1) is 16.4. The van der Waals surface area contributed by atoms with Crippen LogP contribution in [0.5, 0.6) is 0 Å². The van der Waals surface area contributed by atoms with Crippen LogP contribution in [0.15, 0.2) is 84.9 Å². The number of para-hydroxylation sites is 1. The number of fused-ring (bicyclic) bond motifs is 7. The van der Waals surface area contributed by atoms with Crippen molar-refractivity contribution >= 4 is 27.5 Å². The molecule has 5 aromatic rings. The lowest BCUT2D eigenvalue weighted by Gasteiger charge is -2.23. The lowest BCUT2D eigenvalue weighted by atomic mass is 9.81. The molecule has 1 aliphatic carbocycles. The Morgan fingerprint density at radius 2 is 1.41 bits per heavy atom. The molecule has 0 unspecified atom stereocenters. The first-order valence-electron chi connectivity index (χ1n) is 10.1. The molecule has 1 heterocycles. The van der Waals surface area contributed by atoms with E-state index in [1.807, 2.05) is 12.1 Å². The van der Waals surface area contributed by atoms with Gasteiger partial charge < -0.3 is 10.3 Å². The topological polar surface area (TPSA) is 30.9 Å². The summed E-state index contributed by atoms with van der Waals surface area (Å²) in [4.78, 5) is 0. The van der Waals surface area contributed by atoms with Gasteiger partial charge in [0.25, 0.3) is 0 Å². The van der Waals surface area contributed by atoms with Crippen molar-refractivity contribution in [2.75, 3.05) is 5.73 Å². The van der Waals surface area contributed by atoms with E-state index in [1.54, 1.807) is 0 Å². The highest BCUT2D eigenvalue weighted by molar-refractivity contribution is 6.13. The van der Waals surface area contributed by atoms with Gasteiger partial charge in [-0.2, -0.15) is 0 Å². The zero-order chi connectivity index (χ0) is 19.8. The monoisotopic (exact) mass is 374 g/mol. The number of rotatable bonds is 1. The Kier molecular flexibility index (Phi) is 3.12. The van der Waals surface area contributed by atoms with Crippen molar-refractivity contribution in [2.24, 2.45) is 0 Å². The molecule has 0 aliphatic heterocycles. The van der Waals surface area contributed by atoms with E-state index in [0.29, 0.717) is 0 Å². The third kappa shape index (κ3) is 2.06. The molecule has 0 atom stereocenters. The van der Waals surface area contributed by atoms with Gasteiger partial charge in [0, 0.05) is 27.6 Å². The highest BCUT2D eigenvalue weighted by Gasteiger charge is 2.38. The summed E-state index contributed by atoms with van der Waals surface area (Å²) in [7, 11) is 0. The van der Waals surface area contributed by atoms with Gasteiger partial charge in [0.15, 0.2) is 0 Å². The van der Waals surface area contributed by atoms with Crippen molar-refractivity contribution in [1.82, 2.24) is 4.57 Å². The van der Waals surface area contributed by atoms with E-state index < -0.39 is 0 Å². The number of nitrogens with zero attached hydrogens (tertiary/aromatic N) is 1. The molecular formula is C27H22N2. The number of nitrogen functional groups attached to an aromatic ring is 1. The van der Waals surface area contributed by atoms with Crippen LogP contribution in [0.3, 0.4) is 0 Å². The zero-order valence-electron chi connectivity index (χ0n) is 16.6. The molecular weight excluding hydrogens is 352 g/mol. The van der Waals surface area contributed by atoms with E-state index in [1.165, 1.54) is 44.1 Å². The molecule has 0 bridgehead atoms. The Morgan fingerprint density at radius 3 is 2.24 bits per heavy atom. The van der Waals surface area contributed by atoms with Gasteiger partial charge >= 0.3 is 0 Å². The Morgan fingerprint density at radius 1 is 0.690 bits per heavy atom. The largest absolute Gasteiger partial charge is 0.399 e. The first-order valence-corrected chi connectivity index (χ1v) is 10.1. The summed E-state index contributed by atoms with van der Waals surface area (Å²) in [6, 6.07) is 30.3.